The third-order valence-corrected chi connectivity index (χ3v) is 3.83. The highest BCUT2D eigenvalue weighted by Crippen LogP contribution is 2.28. The van der Waals surface area contributed by atoms with E-state index in [1.807, 2.05) is 11.7 Å². The van der Waals surface area contributed by atoms with Crippen molar-refractivity contribution in [1.82, 2.24) is 4.98 Å². The Bertz CT molecular complexity index is 425. The summed E-state index contributed by atoms with van der Waals surface area (Å²) in [4.78, 5) is 5.18. The van der Waals surface area contributed by atoms with E-state index in [1.165, 1.54) is 11.1 Å². The number of hydrogen-bond donors (Lipinski definition) is 0. The summed E-state index contributed by atoms with van der Waals surface area (Å²) in [6, 6.07) is 8.35. The van der Waals surface area contributed by atoms with Crippen LogP contribution in [0.2, 0.25) is 0 Å². The van der Waals surface area contributed by atoms with Crippen LogP contribution >= 0.6 is 22.9 Å². The first-order valence-electron chi connectivity index (χ1n) is 4.84. The van der Waals surface area contributed by atoms with E-state index < -0.39 is 0 Å². The molecule has 3 heteroatoms. The van der Waals surface area contributed by atoms with Crippen LogP contribution < -0.4 is 0 Å². The molecule has 15 heavy (non-hydrogen) atoms. The highest BCUT2D eigenvalue weighted by Gasteiger charge is 2.11. The number of nitrogens with zero attached hydrogens (tertiary/aromatic N) is 1. The van der Waals surface area contributed by atoms with Crippen molar-refractivity contribution in [3.05, 3.63) is 52.0 Å². The van der Waals surface area contributed by atoms with Gasteiger partial charge in [0.1, 0.15) is 0 Å². The molecule has 0 spiro atoms. The number of aromatic nitrogens is 1. The fourth-order valence-electron chi connectivity index (χ4n) is 1.51. The zero-order chi connectivity index (χ0) is 10.7. The van der Waals surface area contributed by atoms with Crippen LogP contribution in [0.3, 0.4) is 0 Å². The molecule has 1 aromatic carbocycles. The van der Waals surface area contributed by atoms with E-state index in [-0.39, 0.29) is 5.38 Å². The van der Waals surface area contributed by atoms with Crippen LogP contribution in [-0.4, -0.2) is 4.98 Å². The van der Waals surface area contributed by atoms with Crippen LogP contribution in [0.25, 0.3) is 0 Å². The van der Waals surface area contributed by atoms with Crippen LogP contribution in [0.5, 0.6) is 0 Å². The molecule has 0 aliphatic carbocycles. The second kappa shape index (κ2) is 4.77. The van der Waals surface area contributed by atoms with E-state index in [2.05, 4.69) is 36.2 Å². The van der Waals surface area contributed by atoms with Crippen LogP contribution in [0.15, 0.2) is 36.0 Å². The summed E-state index contributed by atoms with van der Waals surface area (Å²) in [5, 5.41) is 0.0404. The minimum Gasteiger partial charge on any atom is -0.253 e. The molecule has 1 nitrogen and oxygen atoms in total. The maximum absolute atomic E-state index is 6.32. The van der Waals surface area contributed by atoms with Crippen molar-refractivity contribution >= 4 is 22.9 Å². The topological polar surface area (TPSA) is 12.9 Å². The number of halogens is 1. The van der Waals surface area contributed by atoms with Crippen molar-refractivity contribution in [2.45, 2.75) is 18.7 Å². The Kier molecular flexibility index (Phi) is 3.39. The quantitative estimate of drug-likeness (QED) is 0.736. The molecular formula is C12H12ClNS. The van der Waals surface area contributed by atoms with Gasteiger partial charge in [0.25, 0.3) is 0 Å². The Balaban J connectivity index is 2.13. The van der Waals surface area contributed by atoms with Crippen molar-refractivity contribution in [1.29, 1.82) is 0 Å². The van der Waals surface area contributed by atoms with Gasteiger partial charge >= 0.3 is 0 Å². The molecule has 2 aromatic rings. The molecule has 0 saturated heterocycles. The van der Waals surface area contributed by atoms with Gasteiger partial charge in [-0.05, 0) is 24.5 Å². The number of aryl methyl sites for hydroxylation is 1. The van der Waals surface area contributed by atoms with Crippen LogP contribution in [0.1, 0.15) is 21.4 Å². The fraction of sp³-hybridized carbons (Fsp3) is 0.250. The van der Waals surface area contributed by atoms with Gasteiger partial charge in [0.05, 0.1) is 10.9 Å². The van der Waals surface area contributed by atoms with Crippen LogP contribution in [-0.2, 0) is 6.42 Å². The van der Waals surface area contributed by atoms with Gasteiger partial charge in [-0.25, -0.2) is 0 Å². The number of benzene rings is 1. The Morgan fingerprint density at radius 2 is 2.20 bits per heavy atom. The average molecular weight is 238 g/mol. The van der Waals surface area contributed by atoms with E-state index >= 15 is 0 Å². The normalized spacial score (nSPS) is 12.7. The predicted octanol–water partition coefficient (Wildman–Crippen LogP) is 3.97. The lowest BCUT2D eigenvalue weighted by Gasteiger charge is -2.09. The molecule has 0 radical (unpaired) electrons. The molecule has 0 saturated carbocycles. The molecule has 0 N–H and O–H groups in total. The summed E-state index contributed by atoms with van der Waals surface area (Å²) in [5.41, 5.74) is 4.43. The van der Waals surface area contributed by atoms with Crippen LogP contribution in [0.4, 0.5) is 0 Å². The Hall–Kier alpha value is -0.860. The maximum Gasteiger partial charge on any atom is 0.0794 e. The predicted molar refractivity (Wildman–Crippen MR) is 65.6 cm³/mol. The SMILES string of the molecule is Cc1ccccc1CC(Cl)c1cncs1. The van der Waals surface area contributed by atoms with Crippen molar-refractivity contribution in [3.8, 4) is 0 Å². The second-order valence-corrected chi connectivity index (χ2v) is 4.95. The first kappa shape index (κ1) is 10.7. The molecule has 1 atom stereocenters. The average Bonchev–Trinajstić information content (AvgIpc) is 2.74. The largest absolute Gasteiger partial charge is 0.253 e. The third-order valence-electron chi connectivity index (χ3n) is 2.42. The minimum atomic E-state index is 0.0404. The lowest BCUT2D eigenvalue weighted by molar-refractivity contribution is 0.926. The van der Waals surface area contributed by atoms with E-state index in [9.17, 15) is 0 Å². The van der Waals surface area contributed by atoms with Crippen molar-refractivity contribution in [3.63, 3.8) is 0 Å². The molecule has 0 aliphatic rings. The van der Waals surface area contributed by atoms with Gasteiger partial charge in [0.15, 0.2) is 0 Å². The van der Waals surface area contributed by atoms with Crippen molar-refractivity contribution < 1.29 is 0 Å². The molecule has 1 heterocycles. The summed E-state index contributed by atoms with van der Waals surface area (Å²) in [6.45, 7) is 2.12. The fourth-order valence-corrected chi connectivity index (χ4v) is 2.49. The summed E-state index contributed by atoms with van der Waals surface area (Å²) in [7, 11) is 0. The van der Waals surface area contributed by atoms with Crippen molar-refractivity contribution in [2.75, 3.05) is 0 Å². The molecule has 0 bridgehead atoms. The van der Waals surface area contributed by atoms with Gasteiger partial charge in [0, 0.05) is 11.1 Å². The van der Waals surface area contributed by atoms with Gasteiger partial charge in [-0.3, -0.25) is 4.98 Å². The molecule has 2 rings (SSSR count). The molecule has 1 unspecified atom stereocenters. The van der Waals surface area contributed by atoms with E-state index in [0.29, 0.717) is 0 Å². The van der Waals surface area contributed by atoms with Gasteiger partial charge in [-0.1, -0.05) is 24.3 Å². The summed E-state index contributed by atoms with van der Waals surface area (Å²) >= 11 is 7.94. The smallest absolute Gasteiger partial charge is 0.0794 e. The lowest BCUT2D eigenvalue weighted by Crippen LogP contribution is -1.95. The Morgan fingerprint density at radius 1 is 1.40 bits per heavy atom. The number of thiazole rings is 1. The molecule has 0 fully saturated rings. The summed E-state index contributed by atoms with van der Waals surface area (Å²) in [5.74, 6) is 0. The van der Waals surface area contributed by atoms with Gasteiger partial charge < -0.3 is 0 Å². The van der Waals surface area contributed by atoms with E-state index in [1.54, 1.807) is 11.3 Å². The van der Waals surface area contributed by atoms with Gasteiger partial charge in [-0.15, -0.1) is 22.9 Å². The zero-order valence-corrected chi connectivity index (χ0v) is 10.1. The van der Waals surface area contributed by atoms with Crippen molar-refractivity contribution in [2.24, 2.45) is 0 Å². The first-order chi connectivity index (χ1) is 7.27. The Labute approximate surface area is 98.7 Å². The zero-order valence-electron chi connectivity index (χ0n) is 8.48. The van der Waals surface area contributed by atoms with E-state index in [0.717, 1.165) is 11.3 Å². The van der Waals surface area contributed by atoms with Gasteiger partial charge in [0.2, 0.25) is 0 Å². The molecular weight excluding hydrogens is 226 g/mol. The van der Waals surface area contributed by atoms with Gasteiger partial charge in [-0.2, -0.15) is 0 Å². The summed E-state index contributed by atoms with van der Waals surface area (Å²) in [6.07, 6.45) is 2.72. The maximum atomic E-state index is 6.32. The number of hydrogen-bond acceptors (Lipinski definition) is 2. The lowest BCUT2D eigenvalue weighted by atomic mass is 10.0. The molecule has 0 aliphatic heterocycles. The summed E-state index contributed by atoms with van der Waals surface area (Å²) < 4.78 is 0. The number of alkyl halides is 1. The Morgan fingerprint density at radius 3 is 2.87 bits per heavy atom. The highest BCUT2D eigenvalue weighted by atomic mass is 35.5. The standard InChI is InChI=1S/C12H12ClNS/c1-9-4-2-3-5-10(9)6-11(13)12-7-14-8-15-12/h2-5,7-8,11H,6H2,1H3. The minimum absolute atomic E-state index is 0.0404. The molecule has 0 amide bonds. The molecule has 78 valence electrons. The second-order valence-electron chi connectivity index (χ2n) is 3.50. The number of rotatable bonds is 3. The molecule has 1 aromatic heterocycles. The van der Waals surface area contributed by atoms with E-state index in [4.69, 9.17) is 11.6 Å². The highest BCUT2D eigenvalue weighted by molar-refractivity contribution is 7.09. The third kappa shape index (κ3) is 2.58. The first-order valence-corrected chi connectivity index (χ1v) is 6.16. The monoisotopic (exact) mass is 237 g/mol. The van der Waals surface area contributed by atoms with Crippen LogP contribution in [0, 0.1) is 6.92 Å².